The maximum atomic E-state index is 11.6. The van der Waals surface area contributed by atoms with E-state index in [1.165, 1.54) is 0 Å². The lowest BCUT2D eigenvalue weighted by Gasteiger charge is -2.13. The lowest BCUT2D eigenvalue weighted by atomic mass is 10.3. The largest absolute Gasteiger partial charge is 0.338 e. The van der Waals surface area contributed by atoms with Crippen LogP contribution >= 0.6 is 0 Å². The number of hydrogen-bond donors (Lipinski definition) is 3. The quantitative estimate of drug-likeness (QED) is 0.675. The molecule has 0 aliphatic heterocycles. The average Bonchev–Trinajstić information content (AvgIpc) is 2.72. The minimum atomic E-state index is -0.479. The van der Waals surface area contributed by atoms with Crippen LogP contribution in [0.1, 0.15) is 19.7 Å². The number of carbonyl (C=O) groups excluding carboxylic acids is 2. The molecule has 0 radical (unpaired) electrons. The van der Waals surface area contributed by atoms with E-state index in [1.807, 2.05) is 17.8 Å². The first-order chi connectivity index (χ1) is 8.54. The zero-order valence-corrected chi connectivity index (χ0v) is 10.9. The first kappa shape index (κ1) is 14.2. The Morgan fingerprint density at radius 2 is 2.22 bits per heavy atom. The maximum Gasteiger partial charge on any atom is 0.321 e. The number of imidazole rings is 1. The Kier molecular flexibility index (Phi) is 5.31. The van der Waals surface area contributed by atoms with E-state index in [-0.39, 0.29) is 5.91 Å². The summed E-state index contributed by atoms with van der Waals surface area (Å²) < 4.78 is 1.86. The van der Waals surface area contributed by atoms with Crippen molar-refractivity contribution in [1.29, 1.82) is 0 Å². The standard InChI is InChI=1S/C11H19N5O2/c1-4-12-11(18)15-10(17)8(2)14-7-9-13-5-6-16(9)3/h5-6,8,14H,4,7H2,1-3H3,(H2,12,15,17,18). The second-order valence-corrected chi connectivity index (χ2v) is 3.91. The number of nitrogens with zero attached hydrogens (tertiary/aromatic N) is 2. The van der Waals surface area contributed by atoms with Crippen LogP contribution in [-0.4, -0.2) is 34.1 Å². The average molecular weight is 253 g/mol. The van der Waals surface area contributed by atoms with E-state index in [1.54, 1.807) is 20.0 Å². The molecule has 0 aliphatic rings. The normalized spacial score (nSPS) is 11.9. The fourth-order valence-electron chi connectivity index (χ4n) is 1.33. The van der Waals surface area contributed by atoms with Gasteiger partial charge in [0.25, 0.3) is 0 Å². The number of rotatable bonds is 5. The van der Waals surface area contributed by atoms with Crippen molar-refractivity contribution >= 4 is 11.9 Å². The molecule has 0 fully saturated rings. The number of aromatic nitrogens is 2. The monoisotopic (exact) mass is 253 g/mol. The van der Waals surface area contributed by atoms with Crippen molar-refractivity contribution in [3.05, 3.63) is 18.2 Å². The lowest BCUT2D eigenvalue weighted by Crippen LogP contribution is -2.47. The highest BCUT2D eigenvalue weighted by Gasteiger charge is 2.15. The Hall–Kier alpha value is -1.89. The molecule has 0 saturated heterocycles. The van der Waals surface area contributed by atoms with Gasteiger partial charge in [0, 0.05) is 26.0 Å². The van der Waals surface area contributed by atoms with Crippen molar-refractivity contribution < 1.29 is 9.59 Å². The molecule has 1 rings (SSSR count). The summed E-state index contributed by atoms with van der Waals surface area (Å²) in [5.41, 5.74) is 0. The van der Waals surface area contributed by atoms with E-state index in [9.17, 15) is 9.59 Å². The topological polar surface area (TPSA) is 88.1 Å². The fourth-order valence-corrected chi connectivity index (χ4v) is 1.33. The van der Waals surface area contributed by atoms with Gasteiger partial charge < -0.3 is 9.88 Å². The van der Waals surface area contributed by atoms with Crippen molar-refractivity contribution in [1.82, 2.24) is 25.5 Å². The number of nitrogens with one attached hydrogen (secondary N) is 3. The van der Waals surface area contributed by atoms with E-state index < -0.39 is 12.1 Å². The minimum absolute atomic E-state index is 0.366. The predicted molar refractivity (Wildman–Crippen MR) is 66.7 cm³/mol. The molecule has 3 amide bonds. The molecular weight excluding hydrogens is 234 g/mol. The van der Waals surface area contributed by atoms with Gasteiger partial charge in [-0.15, -0.1) is 0 Å². The van der Waals surface area contributed by atoms with Gasteiger partial charge in [0.2, 0.25) is 5.91 Å². The number of imide groups is 1. The van der Waals surface area contributed by atoms with Gasteiger partial charge in [-0.3, -0.25) is 15.4 Å². The summed E-state index contributed by atoms with van der Waals surface area (Å²) in [6.45, 7) is 4.42. The van der Waals surface area contributed by atoms with Gasteiger partial charge in [-0.05, 0) is 13.8 Å². The number of amides is 3. The fraction of sp³-hybridized carbons (Fsp3) is 0.545. The summed E-state index contributed by atoms with van der Waals surface area (Å²) in [6, 6.07) is -0.947. The molecule has 1 unspecified atom stereocenters. The smallest absolute Gasteiger partial charge is 0.321 e. The molecule has 1 aromatic rings. The Morgan fingerprint density at radius 3 is 2.78 bits per heavy atom. The van der Waals surface area contributed by atoms with Crippen LogP contribution in [0, 0.1) is 0 Å². The summed E-state index contributed by atoms with van der Waals surface area (Å²) in [5.74, 6) is 0.461. The van der Waals surface area contributed by atoms with Crippen LogP contribution in [0.15, 0.2) is 12.4 Å². The highest BCUT2D eigenvalue weighted by molar-refractivity contribution is 5.96. The Morgan fingerprint density at radius 1 is 1.50 bits per heavy atom. The molecular formula is C11H19N5O2. The molecule has 0 spiro atoms. The molecule has 0 aromatic carbocycles. The molecule has 7 heteroatoms. The third-order valence-electron chi connectivity index (χ3n) is 2.45. The number of carbonyl (C=O) groups is 2. The summed E-state index contributed by atoms with van der Waals surface area (Å²) in [7, 11) is 1.88. The van der Waals surface area contributed by atoms with Gasteiger partial charge in [-0.1, -0.05) is 0 Å². The van der Waals surface area contributed by atoms with Crippen LogP contribution in [0.3, 0.4) is 0 Å². The lowest BCUT2D eigenvalue weighted by molar-refractivity contribution is -0.121. The van der Waals surface area contributed by atoms with Crippen LogP contribution < -0.4 is 16.0 Å². The van der Waals surface area contributed by atoms with E-state index in [4.69, 9.17) is 0 Å². The van der Waals surface area contributed by atoms with Gasteiger partial charge in [0.1, 0.15) is 5.82 Å². The van der Waals surface area contributed by atoms with Crippen LogP contribution in [0.4, 0.5) is 4.79 Å². The van der Waals surface area contributed by atoms with Crippen molar-refractivity contribution in [2.75, 3.05) is 6.54 Å². The highest BCUT2D eigenvalue weighted by Crippen LogP contribution is 1.94. The maximum absolute atomic E-state index is 11.6. The first-order valence-corrected chi connectivity index (χ1v) is 5.82. The van der Waals surface area contributed by atoms with E-state index in [0.29, 0.717) is 13.1 Å². The molecule has 1 aromatic heterocycles. The van der Waals surface area contributed by atoms with Crippen LogP contribution in [0.5, 0.6) is 0 Å². The van der Waals surface area contributed by atoms with Crippen LogP contribution in [-0.2, 0) is 18.4 Å². The minimum Gasteiger partial charge on any atom is -0.338 e. The zero-order chi connectivity index (χ0) is 13.5. The first-order valence-electron chi connectivity index (χ1n) is 5.82. The Bertz CT molecular complexity index is 415. The number of hydrogen-bond acceptors (Lipinski definition) is 4. The second kappa shape index (κ2) is 6.75. The van der Waals surface area contributed by atoms with Crippen LogP contribution in [0.2, 0.25) is 0 Å². The molecule has 1 heterocycles. The third-order valence-corrected chi connectivity index (χ3v) is 2.45. The van der Waals surface area contributed by atoms with Gasteiger partial charge in [-0.2, -0.15) is 0 Å². The molecule has 7 nitrogen and oxygen atoms in total. The Labute approximate surface area is 106 Å². The number of urea groups is 1. The van der Waals surface area contributed by atoms with Gasteiger partial charge in [0.05, 0.1) is 12.6 Å². The predicted octanol–water partition coefficient (Wildman–Crippen LogP) is -0.256. The van der Waals surface area contributed by atoms with Gasteiger partial charge >= 0.3 is 6.03 Å². The SMILES string of the molecule is CCNC(=O)NC(=O)C(C)NCc1nccn1C. The van der Waals surface area contributed by atoms with Crippen molar-refractivity contribution in [2.24, 2.45) is 7.05 Å². The van der Waals surface area contributed by atoms with E-state index >= 15 is 0 Å². The van der Waals surface area contributed by atoms with Crippen molar-refractivity contribution in [3.8, 4) is 0 Å². The molecule has 0 saturated carbocycles. The molecule has 1 atom stereocenters. The Balaban J connectivity index is 2.36. The van der Waals surface area contributed by atoms with Gasteiger partial charge in [0.15, 0.2) is 0 Å². The molecule has 3 N–H and O–H groups in total. The highest BCUT2D eigenvalue weighted by atomic mass is 16.2. The van der Waals surface area contributed by atoms with Crippen molar-refractivity contribution in [3.63, 3.8) is 0 Å². The summed E-state index contributed by atoms with van der Waals surface area (Å²) in [4.78, 5) is 26.9. The molecule has 0 bridgehead atoms. The summed E-state index contributed by atoms with van der Waals surface area (Å²) in [5, 5.41) is 7.74. The van der Waals surface area contributed by atoms with Crippen molar-refractivity contribution in [2.45, 2.75) is 26.4 Å². The number of aryl methyl sites for hydroxylation is 1. The molecule has 18 heavy (non-hydrogen) atoms. The third kappa shape index (κ3) is 4.17. The second-order valence-electron chi connectivity index (χ2n) is 3.91. The molecule has 0 aliphatic carbocycles. The molecule has 100 valence electrons. The van der Waals surface area contributed by atoms with E-state index in [0.717, 1.165) is 5.82 Å². The van der Waals surface area contributed by atoms with E-state index in [2.05, 4.69) is 20.9 Å². The van der Waals surface area contributed by atoms with Gasteiger partial charge in [-0.25, -0.2) is 9.78 Å². The van der Waals surface area contributed by atoms with Crippen LogP contribution in [0.25, 0.3) is 0 Å². The summed E-state index contributed by atoms with van der Waals surface area (Å²) in [6.07, 6.45) is 3.52. The zero-order valence-electron chi connectivity index (χ0n) is 10.9. The summed E-state index contributed by atoms with van der Waals surface area (Å²) >= 11 is 0.